The molecule has 0 fully saturated rings. The van der Waals surface area contributed by atoms with Gasteiger partial charge in [0, 0.05) is 5.56 Å². The van der Waals surface area contributed by atoms with Crippen molar-refractivity contribution in [2.24, 2.45) is 0 Å². The maximum Gasteiger partial charge on any atom is 0.259 e. The Morgan fingerprint density at radius 1 is 1.04 bits per heavy atom. The molecule has 0 aliphatic rings. The van der Waals surface area contributed by atoms with E-state index >= 15 is 0 Å². The number of benzene rings is 2. The molecule has 0 saturated heterocycles. The first-order valence-electron chi connectivity index (χ1n) is 6.71. The second-order valence-corrected chi connectivity index (χ2v) is 5.09. The van der Waals surface area contributed by atoms with E-state index in [0.29, 0.717) is 11.5 Å². The number of carboxylic acids is 1. The highest BCUT2D eigenvalue weighted by Gasteiger charge is 2.11. The molecule has 0 radical (unpaired) electrons. The summed E-state index contributed by atoms with van der Waals surface area (Å²) in [7, 11) is 0. The van der Waals surface area contributed by atoms with Crippen LogP contribution >= 0.6 is 11.6 Å². The van der Waals surface area contributed by atoms with Gasteiger partial charge in [0.1, 0.15) is 5.03 Å². The van der Waals surface area contributed by atoms with Crippen molar-refractivity contribution in [2.45, 2.75) is 0 Å². The van der Waals surface area contributed by atoms with E-state index in [4.69, 9.17) is 16.0 Å². The van der Waals surface area contributed by atoms with Gasteiger partial charge >= 0.3 is 0 Å². The number of halogens is 1. The van der Waals surface area contributed by atoms with Crippen LogP contribution in [0.5, 0.6) is 0 Å². The molecule has 3 aromatic rings. The molecular formula is C17H10ClN2O3-. The van der Waals surface area contributed by atoms with Crippen molar-refractivity contribution in [2.75, 3.05) is 0 Å². The smallest absolute Gasteiger partial charge is 0.259 e. The Balaban J connectivity index is 1.84. The molecule has 2 aromatic carbocycles. The summed E-state index contributed by atoms with van der Waals surface area (Å²) in [4.78, 5) is 10.7. The summed E-state index contributed by atoms with van der Waals surface area (Å²) in [6.07, 6.45) is 1.61. The van der Waals surface area contributed by atoms with Gasteiger partial charge in [0.05, 0.1) is 5.97 Å². The third-order valence-electron chi connectivity index (χ3n) is 3.09. The number of aromatic nitrogens is 2. The van der Waals surface area contributed by atoms with E-state index in [-0.39, 0.29) is 16.5 Å². The SMILES string of the molecule is O=C([O-])c1ccc(/C=C(\Cl)c2nnc(-c3ccccc3)o2)cc1. The summed E-state index contributed by atoms with van der Waals surface area (Å²) in [5.41, 5.74) is 1.61. The topological polar surface area (TPSA) is 79.0 Å². The van der Waals surface area contributed by atoms with Crippen molar-refractivity contribution in [3.8, 4) is 11.5 Å². The predicted molar refractivity (Wildman–Crippen MR) is 84.2 cm³/mol. The molecule has 1 aromatic heterocycles. The lowest BCUT2D eigenvalue weighted by Gasteiger charge is -2.01. The van der Waals surface area contributed by atoms with E-state index < -0.39 is 5.97 Å². The molecule has 0 aliphatic heterocycles. The second-order valence-electron chi connectivity index (χ2n) is 4.68. The third-order valence-corrected chi connectivity index (χ3v) is 3.36. The predicted octanol–water partition coefficient (Wildman–Crippen LogP) is 2.84. The largest absolute Gasteiger partial charge is 0.545 e. The van der Waals surface area contributed by atoms with Crippen LogP contribution in [0.15, 0.2) is 59.0 Å². The molecular weight excluding hydrogens is 316 g/mol. The third kappa shape index (κ3) is 3.46. The molecule has 0 amide bonds. The van der Waals surface area contributed by atoms with Crippen LogP contribution in [0.1, 0.15) is 21.8 Å². The lowest BCUT2D eigenvalue weighted by Crippen LogP contribution is -2.21. The quantitative estimate of drug-likeness (QED) is 0.737. The van der Waals surface area contributed by atoms with Gasteiger partial charge in [-0.2, -0.15) is 0 Å². The Morgan fingerprint density at radius 3 is 2.39 bits per heavy atom. The number of carboxylic acid groups (broad SMARTS) is 1. The maximum absolute atomic E-state index is 10.7. The molecule has 6 heteroatoms. The first kappa shape index (κ1) is 15.0. The highest BCUT2D eigenvalue weighted by atomic mass is 35.5. The fourth-order valence-electron chi connectivity index (χ4n) is 1.94. The molecule has 0 aliphatic carbocycles. The average Bonchev–Trinajstić information content (AvgIpc) is 3.06. The number of aromatic carboxylic acids is 1. The lowest BCUT2D eigenvalue weighted by molar-refractivity contribution is -0.255. The Kier molecular flexibility index (Phi) is 4.21. The van der Waals surface area contributed by atoms with E-state index in [1.54, 1.807) is 18.2 Å². The van der Waals surface area contributed by atoms with Gasteiger partial charge in [0.25, 0.3) is 5.89 Å². The second kappa shape index (κ2) is 6.46. The normalized spacial score (nSPS) is 11.4. The summed E-state index contributed by atoms with van der Waals surface area (Å²) < 4.78 is 5.54. The number of hydrogen-bond acceptors (Lipinski definition) is 5. The van der Waals surface area contributed by atoms with Crippen molar-refractivity contribution in [3.63, 3.8) is 0 Å². The fourth-order valence-corrected chi connectivity index (χ4v) is 2.14. The van der Waals surface area contributed by atoms with Gasteiger partial charge in [0.15, 0.2) is 0 Å². The Hall–Kier alpha value is -2.92. The lowest BCUT2D eigenvalue weighted by atomic mass is 10.1. The average molecular weight is 326 g/mol. The van der Waals surface area contributed by atoms with E-state index in [9.17, 15) is 9.90 Å². The van der Waals surface area contributed by atoms with Crippen LogP contribution in [0.25, 0.3) is 22.6 Å². The van der Waals surface area contributed by atoms with Crippen LogP contribution in [0.3, 0.4) is 0 Å². The molecule has 3 rings (SSSR count). The van der Waals surface area contributed by atoms with Crippen LogP contribution in [0.2, 0.25) is 0 Å². The molecule has 0 unspecified atom stereocenters. The standard InChI is InChI=1S/C17H11ClN2O3/c18-14(10-11-6-8-13(9-7-11)17(21)22)16-20-19-15(23-16)12-4-2-1-3-5-12/h1-10H,(H,21,22)/p-1/b14-10-. The number of nitrogens with zero attached hydrogens (tertiary/aromatic N) is 2. The zero-order valence-corrected chi connectivity index (χ0v) is 12.5. The van der Waals surface area contributed by atoms with E-state index in [2.05, 4.69) is 10.2 Å². The van der Waals surface area contributed by atoms with Gasteiger partial charge in [-0.1, -0.05) is 54.1 Å². The highest BCUT2D eigenvalue weighted by molar-refractivity contribution is 6.50. The van der Waals surface area contributed by atoms with Crippen molar-refractivity contribution in [3.05, 3.63) is 71.6 Å². The first-order valence-corrected chi connectivity index (χ1v) is 7.09. The molecule has 0 N–H and O–H groups in total. The Morgan fingerprint density at radius 2 is 1.74 bits per heavy atom. The summed E-state index contributed by atoms with van der Waals surface area (Å²) in [6.45, 7) is 0. The molecule has 23 heavy (non-hydrogen) atoms. The zero-order chi connectivity index (χ0) is 16.2. The molecule has 0 atom stereocenters. The maximum atomic E-state index is 10.7. The molecule has 5 nitrogen and oxygen atoms in total. The van der Waals surface area contributed by atoms with E-state index in [0.717, 1.165) is 5.56 Å². The van der Waals surface area contributed by atoms with Crippen molar-refractivity contribution in [1.29, 1.82) is 0 Å². The molecule has 0 saturated carbocycles. The molecule has 0 spiro atoms. The molecule has 0 bridgehead atoms. The highest BCUT2D eigenvalue weighted by Crippen LogP contribution is 2.25. The number of carbonyl (C=O) groups excluding carboxylic acids is 1. The van der Waals surface area contributed by atoms with Gasteiger partial charge in [-0.15, -0.1) is 10.2 Å². The minimum atomic E-state index is -1.23. The number of rotatable bonds is 4. The summed E-state index contributed by atoms with van der Waals surface area (Å²) in [5, 5.41) is 18.8. The van der Waals surface area contributed by atoms with E-state index in [1.807, 2.05) is 30.3 Å². The zero-order valence-electron chi connectivity index (χ0n) is 11.8. The van der Waals surface area contributed by atoms with Crippen LogP contribution in [0, 0.1) is 0 Å². The minimum absolute atomic E-state index is 0.0995. The summed E-state index contributed by atoms with van der Waals surface area (Å²) >= 11 is 6.18. The monoisotopic (exact) mass is 325 g/mol. The van der Waals surface area contributed by atoms with Gasteiger partial charge in [0.2, 0.25) is 5.89 Å². The van der Waals surface area contributed by atoms with Crippen LogP contribution in [-0.2, 0) is 0 Å². The first-order chi connectivity index (χ1) is 11.1. The van der Waals surface area contributed by atoms with Gasteiger partial charge in [-0.3, -0.25) is 0 Å². The minimum Gasteiger partial charge on any atom is -0.545 e. The fraction of sp³-hybridized carbons (Fsp3) is 0. The molecule has 1 heterocycles. The van der Waals surface area contributed by atoms with Gasteiger partial charge in [-0.05, 0) is 29.3 Å². The Labute approximate surface area is 136 Å². The van der Waals surface area contributed by atoms with Crippen molar-refractivity contribution < 1.29 is 14.3 Å². The van der Waals surface area contributed by atoms with Gasteiger partial charge < -0.3 is 14.3 Å². The van der Waals surface area contributed by atoms with Crippen molar-refractivity contribution >= 4 is 28.7 Å². The van der Waals surface area contributed by atoms with Crippen LogP contribution in [-0.4, -0.2) is 16.2 Å². The molecule has 114 valence electrons. The summed E-state index contributed by atoms with van der Waals surface area (Å²) in [6, 6.07) is 15.4. The number of hydrogen-bond donors (Lipinski definition) is 0. The number of carbonyl (C=O) groups is 1. The van der Waals surface area contributed by atoms with Crippen molar-refractivity contribution in [1.82, 2.24) is 10.2 Å². The van der Waals surface area contributed by atoms with Gasteiger partial charge in [-0.25, -0.2) is 0 Å². The van der Waals surface area contributed by atoms with Crippen LogP contribution < -0.4 is 5.11 Å². The summed E-state index contributed by atoms with van der Waals surface area (Å²) in [5.74, 6) is -0.662. The van der Waals surface area contributed by atoms with Crippen LogP contribution in [0.4, 0.5) is 0 Å². The Bertz CT molecular complexity index is 855. The van der Waals surface area contributed by atoms with E-state index in [1.165, 1.54) is 12.1 Å².